The van der Waals surface area contributed by atoms with E-state index >= 15 is 0 Å². The molecule has 0 radical (unpaired) electrons. The van der Waals surface area contributed by atoms with E-state index in [1.807, 2.05) is 18.2 Å². The predicted molar refractivity (Wildman–Crippen MR) is 85.8 cm³/mol. The highest BCUT2D eigenvalue weighted by atomic mass is 15.2. The number of rotatable bonds is 2. The van der Waals surface area contributed by atoms with Crippen molar-refractivity contribution in [1.29, 1.82) is 5.41 Å². The van der Waals surface area contributed by atoms with Crippen LogP contribution in [0.15, 0.2) is 30.5 Å². The molecule has 4 heteroatoms. The number of nitrogens with two attached hydrogens (primary N) is 1. The number of para-hydroxylation sites is 1. The molecular weight excluding hydrogens is 260 g/mol. The molecule has 2 heterocycles. The number of benzene rings is 1. The van der Waals surface area contributed by atoms with Gasteiger partial charge in [0.25, 0.3) is 0 Å². The molecule has 0 bridgehead atoms. The molecule has 1 saturated carbocycles. The van der Waals surface area contributed by atoms with Gasteiger partial charge in [0.15, 0.2) is 0 Å². The molecule has 0 amide bonds. The molecule has 2 aliphatic rings. The molecule has 1 saturated heterocycles. The Kier molecular flexibility index (Phi) is 2.84. The second-order valence-corrected chi connectivity index (χ2v) is 6.31. The summed E-state index contributed by atoms with van der Waals surface area (Å²) in [6.07, 6.45) is 5.83. The SMILES string of the molecule is N=C(N)c1cnc2ccccc2c1N1CC2CCCC2C1. The van der Waals surface area contributed by atoms with Gasteiger partial charge >= 0.3 is 0 Å². The normalized spacial score (nSPS) is 24.5. The summed E-state index contributed by atoms with van der Waals surface area (Å²) in [5, 5.41) is 9.00. The number of pyridine rings is 1. The van der Waals surface area contributed by atoms with Crippen molar-refractivity contribution in [3.63, 3.8) is 0 Å². The molecule has 2 aromatic rings. The molecule has 1 aliphatic heterocycles. The number of aromatic nitrogens is 1. The first-order valence-electron chi connectivity index (χ1n) is 7.71. The Hall–Kier alpha value is -2.10. The minimum atomic E-state index is 0.111. The van der Waals surface area contributed by atoms with Crippen LogP contribution in [0.3, 0.4) is 0 Å². The molecule has 21 heavy (non-hydrogen) atoms. The first kappa shape index (κ1) is 12.6. The van der Waals surface area contributed by atoms with Crippen molar-refractivity contribution < 1.29 is 0 Å². The van der Waals surface area contributed by atoms with Crippen molar-refractivity contribution in [1.82, 2.24) is 4.98 Å². The summed E-state index contributed by atoms with van der Waals surface area (Å²) in [5.41, 5.74) is 8.67. The van der Waals surface area contributed by atoms with Crippen LogP contribution >= 0.6 is 0 Å². The van der Waals surface area contributed by atoms with Crippen LogP contribution in [0.2, 0.25) is 0 Å². The van der Waals surface area contributed by atoms with Gasteiger partial charge in [-0.25, -0.2) is 0 Å². The van der Waals surface area contributed by atoms with Crippen molar-refractivity contribution in [2.24, 2.45) is 17.6 Å². The summed E-state index contributed by atoms with van der Waals surface area (Å²) in [6, 6.07) is 8.16. The van der Waals surface area contributed by atoms with Crippen LogP contribution in [0.4, 0.5) is 5.69 Å². The fourth-order valence-electron chi connectivity index (χ4n) is 4.08. The van der Waals surface area contributed by atoms with Gasteiger partial charge in [-0.1, -0.05) is 24.6 Å². The Bertz CT molecular complexity index is 697. The van der Waals surface area contributed by atoms with Gasteiger partial charge in [0.1, 0.15) is 5.84 Å². The lowest BCUT2D eigenvalue weighted by molar-refractivity contribution is 0.494. The predicted octanol–water partition coefficient (Wildman–Crippen LogP) is 2.76. The summed E-state index contributed by atoms with van der Waals surface area (Å²) in [6.45, 7) is 2.19. The number of nitrogen functional groups attached to an aromatic ring is 1. The highest BCUT2D eigenvalue weighted by molar-refractivity contribution is 6.07. The highest BCUT2D eigenvalue weighted by Gasteiger charge is 2.37. The van der Waals surface area contributed by atoms with Gasteiger partial charge in [0.2, 0.25) is 0 Å². The zero-order chi connectivity index (χ0) is 14.4. The molecule has 4 rings (SSSR count). The lowest BCUT2D eigenvalue weighted by atomic mass is 10.0. The average molecular weight is 280 g/mol. The van der Waals surface area contributed by atoms with Crippen LogP contribution in [0.25, 0.3) is 10.9 Å². The van der Waals surface area contributed by atoms with Crippen molar-refractivity contribution in [3.05, 3.63) is 36.0 Å². The van der Waals surface area contributed by atoms with Crippen LogP contribution in [0.5, 0.6) is 0 Å². The van der Waals surface area contributed by atoms with Crippen LogP contribution < -0.4 is 10.6 Å². The van der Waals surface area contributed by atoms with E-state index in [4.69, 9.17) is 11.1 Å². The summed E-state index contributed by atoms with van der Waals surface area (Å²) in [5.74, 6) is 1.74. The molecule has 2 atom stereocenters. The maximum absolute atomic E-state index is 7.89. The number of nitrogens with zero attached hydrogens (tertiary/aromatic N) is 2. The van der Waals surface area contributed by atoms with Gasteiger partial charge in [0.05, 0.1) is 16.8 Å². The maximum Gasteiger partial charge on any atom is 0.126 e. The van der Waals surface area contributed by atoms with Gasteiger partial charge in [0, 0.05) is 24.7 Å². The van der Waals surface area contributed by atoms with E-state index in [2.05, 4.69) is 16.0 Å². The van der Waals surface area contributed by atoms with E-state index in [1.165, 1.54) is 19.3 Å². The second-order valence-electron chi connectivity index (χ2n) is 6.31. The minimum absolute atomic E-state index is 0.111. The maximum atomic E-state index is 7.89. The van der Waals surface area contributed by atoms with Gasteiger partial charge in [-0.05, 0) is 30.7 Å². The summed E-state index contributed by atoms with van der Waals surface area (Å²) in [7, 11) is 0. The number of amidine groups is 1. The van der Waals surface area contributed by atoms with Gasteiger partial charge < -0.3 is 10.6 Å². The third-order valence-corrected chi connectivity index (χ3v) is 5.08. The Labute approximate surface area is 124 Å². The van der Waals surface area contributed by atoms with Crippen molar-refractivity contribution in [2.75, 3.05) is 18.0 Å². The number of hydrogen-bond donors (Lipinski definition) is 2. The van der Waals surface area contributed by atoms with E-state index < -0.39 is 0 Å². The zero-order valence-electron chi connectivity index (χ0n) is 12.0. The average Bonchev–Trinajstić information content (AvgIpc) is 3.07. The molecule has 3 N–H and O–H groups in total. The second kappa shape index (κ2) is 4.72. The third-order valence-electron chi connectivity index (χ3n) is 5.08. The van der Waals surface area contributed by atoms with E-state index in [0.29, 0.717) is 0 Å². The zero-order valence-corrected chi connectivity index (χ0v) is 12.0. The van der Waals surface area contributed by atoms with Crippen LogP contribution in [-0.2, 0) is 0 Å². The molecule has 1 aromatic carbocycles. The molecule has 1 aromatic heterocycles. The topological polar surface area (TPSA) is 66.0 Å². The van der Waals surface area contributed by atoms with Crippen LogP contribution in [0.1, 0.15) is 24.8 Å². The summed E-state index contributed by atoms with van der Waals surface area (Å²) >= 11 is 0. The molecule has 2 unspecified atom stereocenters. The molecule has 0 spiro atoms. The molecule has 4 nitrogen and oxygen atoms in total. The Morgan fingerprint density at radius 1 is 1.19 bits per heavy atom. The minimum Gasteiger partial charge on any atom is -0.384 e. The molecular formula is C17H20N4. The highest BCUT2D eigenvalue weighted by Crippen LogP contribution is 2.42. The van der Waals surface area contributed by atoms with Gasteiger partial charge in [-0.2, -0.15) is 0 Å². The van der Waals surface area contributed by atoms with Crippen LogP contribution in [-0.4, -0.2) is 23.9 Å². The Morgan fingerprint density at radius 2 is 1.90 bits per heavy atom. The van der Waals surface area contributed by atoms with Crippen molar-refractivity contribution in [3.8, 4) is 0 Å². The largest absolute Gasteiger partial charge is 0.384 e. The fourth-order valence-corrected chi connectivity index (χ4v) is 4.08. The lowest BCUT2D eigenvalue weighted by Crippen LogP contribution is -2.25. The quantitative estimate of drug-likeness (QED) is 0.656. The van der Waals surface area contributed by atoms with E-state index in [1.54, 1.807) is 6.20 Å². The standard InChI is InChI=1S/C17H20N4/c18-17(19)14-8-20-15-7-2-1-6-13(15)16(14)21-9-11-4-3-5-12(11)10-21/h1-2,6-8,11-12H,3-5,9-10H2,(H3,18,19). The summed E-state index contributed by atoms with van der Waals surface area (Å²) < 4.78 is 0. The number of fused-ring (bicyclic) bond motifs is 2. The lowest BCUT2D eigenvalue weighted by Gasteiger charge is -2.24. The molecule has 108 valence electrons. The number of nitrogens with one attached hydrogen (secondary N) is 1. The van der Waals surface area contributed by atoms with Gasteiger partial charge in [-0.3, -0.25) is 10.4 Å². The van der Waals surface area contributed by atoms with Gasteiger partial charge in [-0.15, -0.1) is 0 Å². The Balaban J connectivity index is 1.85. The van der Waals surface area contributed by atoms with Crippen molar-refractivity contribution in [2.45, 2.75) is 19.3 Å². The summed E-state index contributed by atoms with van der Waals surface area (Å²) in [4.78, 5) is 6.90. The van der Waals surface area contributed by atoms with E-state index in [-0.39, 0.29) is 5.84 Å². The first-order chi connectivity index (χ1) is 10.2. The van der Waals surface area contributed by atoms with E-state index in [9.17, 15) is 0 Å². The smallest absolute Gasteiger partial charge is 0.126 e. The molecule has 1 aliphatic carbocycles. The first-order valence-corrected chi connectivity index (χ1v) is 7.71. The van der Waals surface area contributed by atoms with Crippen LogP contribution in [0, 0.1) is 17.2 Å². The monoisotopic (exact) mass is 280 g/mol. The fraction of sp³-hybridized carbons (Fsp3) is 0.412. The Morgan fingerprint density at radius 3 is 2.62 bits per heavy atom. The van der Waals surface area contributed by atoms with Crippen molar-refractivity contribution >= 4 is 22.4 Å². The van der Waals surface area contributed by atoms with E-state index in [0.717, 1.165) is 47.1 Å². The number of hydrogen-bond acceptors (Lipinski definition) is 3. The third kappa shape index (κ3) is 1.97. The number of anilines is 1. The molecule has 2 fully saturated rings.